The van der Waals surface area contributed by atoms with Crippen molar-refractivity contribution in [1.82, 2.24) is 25.1 Å². The smallest absolute Gasteiger partial charge is 0.339 e. The lowest BCUT2D eigenvalue weighted by atomic mass is 9.99. The summed E-state index contributed by atoms with van der Waals surface area (Å²) in [5.41, 5.74) is -0.502. The Morgan fingerprint density at radius 1 is 1.09 bits per heavy atom. The van der Waals surface area contributed by atoms with Crippen molar-refractivity contribution in [2.45, 2.75) is 25.9 Å². The lowest BCUT2D eigenvalue weighted by Gasteiger charge is -2.34. The fourth-order valence-corrected chi connectivity index (χ4v) is 3.85. The number of benzene rings is 1. The molecule has 3 aromatic rings. The molecule has 0 unspecified atom stereocenters. The van der Waals surface area contributed by atoms with Crippen molar-refractivity contribution in [3.8, 4) is 11.3 Å². The van der Waals surface area contributed by atoms with Crippen molar-refractivity contribution < 1.29 is 18.0 Å². The molecule has 1 aromatic carbocycles. The van der Waals surface area contributed by atoms with Gasteiger partial charge in [0.2, 0.25) is 11.9 Å². The first-order valence-electron chi connectivity index (χ1n) is 10.8. The van der Waals surface area contributed by atoms with E-state index in [1.54, 1.807) is 41.6 Å². The van der Waals surface area contributed by atoms with Gasteiger partial charge in [0.15, 0.2) is 0 Å². The molecule has 11 heteroatoms. The number of aryl methyl sites for hydroxylation is 2. The first-order valence-corrected chi connectivity index (χ1v) is 10.8. The van der Waals surface area contributed by atoms with Crippen LogP contribution in [0.2, 0.25) is 0 Å². The van der Waals surface area contributed by atoms with Gasteiger partial charge in [0.25, 0.3) is 5.56 Å². The Morgan fingerprint density at radius 3 is 2.44 bits per heavy atom. The van der Waals surface area contributed by atoms with Gasteiger partial charge in [-0.25, -0.2) is 15.1 Å². The van der Waals surface area contributed by atoms with Crippen molar-refractivity contribution in [3.05, 3.63) is 69.8 Å². The van der Waals surface area contributed by atoms with Crippen molar-refractivity contribution in [3.63, 3.8) is 0 Å². The number of carbonyl (C=O) groups is 1. The highest BCUT2D eigenvalue weighted by molar-refractivity contribution is 5.77. The van der Waals surface area contributed by atoms with E-state index < -0.39 is 17.3 Å². The summed E-state index contributed by atoms with van der Waals surface area (Å²) < 4.78 is 39.4. The minimum absolute atomic E-state index is 0.00156. The van der Waals surface area contributed by atoms with Crippen LogP contribution in [0.4, 0.5) is 19.1 Å². The Labute approximate surface area is 193 Å². The molecule has 0 bridgehead atoms. The number of aromatic nitrogens is 4. The van der Waals surface area contributed by atoms with E-state index in [0.717, 1.165) is 11.6 Å². The second-order valence-corrected chi connectivity index (χ2v) is 8.08. The molecule has 1 aliphatic heterocycles. The minimum atomic E-state index is -4.79. The van der Waals surface area contributed by atoms with Gasteiger partial charge in [-0.1, -0.05) is 24.3 Å². The van der Waals surface area contributed by atoms with Gasteiger partial charge >= 0.3 is 6.18 Å². The first kappa shape index (κ1) is 23.4. The number of rotatable bonds is 5. The van der Waals surface area contributed by atoms with Crippen LogP contribution in [0.5, 0.6) is 0 Å². The summed E-state index contributed by atoms with van der Waals surface area (Å²) in [6.45, 7) is 4.23. The highest BCUT2D eigenvalue weighted by atomic mass is 19.4. The number of carbonyl (C=O) groups excluding carboxylic acids is 1. The average molecular weight is 472 g/mol. The summed E-state index contributed by atoms with van der Waals surface area (Å²) in [4.78, 5) is 36.8. The molecule has 1 amide bonds. The number of anilines is 1. The summed E-state index contributed by atoms with van der Waals surface area (Å²) in [7, 11) is 0. The lowest BCUT2D eigenvalue weighted by Crippen LogP contribution is -2.49. The second-order valence-electron chi connectivity index (χ2n) is 8.08. The molecule has 8 nitrogen and oxygen atoms in total. The molecule has 4 rings (SSSR count). The molecular weight excluding hydrogens is 449 g/mol. The number of halogens is 3. The van der Waals surface area contributed by atoms with Crippen LogP contribution in [0.25, 0.3) is 11.3 Å². The monoisotopic (exact) mass is 472 g/mol. The molecule has 0 atom stereocenters. The van der Waals surface area contributed by atoms with Gasteiger partial charge in [-0.2, -0.15) is 18.3 Å². The molecule has 0 saturated carbocycles. The number of piperazine rings is 1. The molecule has 2 aromatic heterocycles. The zero-order valence-electron chi connectivity index (χ0n) is 18.5. The van der Waals surface area contributed by atoms with Gasteiger partial charge in [-0.15, -0.1) is 0 Å². The Kier molecular flexibility index (Phi) is 6.62. The van der Waals surface area contributed by atoms with Crippen molar-refractivity contribution in [2.75, 3.05) is 31.1 Å². The number of nitrogens with zero attached hydrogens (tertiary/aromatic N) is 5. The van der Waals surface area contributed by atoms with Crippen LogP contribution in [0.15, 0.2) is 47.5 Å². The highest BCUT2D eigenvalue weighted by Gasteiger charge is 2.34. The van der Waals surface area contributed by atoms with Crippen molar-refractivity contribution in [1.29, 1.82) is 0 Å². The number of nitrogens with one attached hydrogen (secondary N) is 1. The summed E-state index contributed by atoms with van der Waals surface area (Å²) in [6, 6.07) is 7.54. The molecule has 1 aliphatic rings. The number of hydrogen-bond acceptors (Lipinski definition) is 6. The topological polar surface area (TPSA) is 95.1 Å². The zero-order chi connectivity index (χ0) is 24.3. The summed E-state index contributed by atoms with van der Waals surface area (Å²) in [6.07, 6.45) is -0.744. The van der Waals surface area contributed by atoms with Crippen LogP contribution in [-0.4, -0.2) is 57.2 Å². The normalized spacial score (nSPS) is 14.4. The predicted molar refractivity (Wildman–Crippen MR) is 119 cm³/mol. The summed E-state index contributed by atoms with van der Waals surface area (Å²) in [5.74, 6) is 0.600. The van der Waals surface area contributed by atoms with Crippen LogP contribution in [0, 0.1) is 6.92 Å². The number of H-pyrrole nitrogens is 1. The van der Waals surface area contributed by atoms with E-state index in [9.17, 15) is 22.8 Å². The maximum Gasteiger partial charge on any atom is 0.421 e. The maximum atomic E-state index is 13.1. The van der Waals surface area contributed by atoms with Crippen LogP contribution in [0.1, 0.15) is 23.1 Å². The molecule has 0 aliphatic carbocycles. The lowest BCUT2D eigenvalue weighted by molar-refractivity contribution is -0.138. The SMILES string of the molecule is Cc1cnc(N2CCN(C(=O)CCc3ccccc3-c3cc(C(F)(F)F)c(=O)[nH]n3)CC2)nc1. The quantitative estimate of drug-likeness (QED) is 0.614. The third kappa shape index (κ3) is 5.24. The Bertz CT molecular complexity index is 1220. The molecule has 34 heavy (non-hydrogen) atoms. The van der Waals surface area contributed by atoms with Gasteiger partial charge in [-0.3, -0.25) is 9.59 Å². The van der Waals surface area contributed by atoms with E-state index in [2.05, 4.69) is 15.1 Å². The number of aromatic amines is 1. The van der Waals surface area contributed by atoms with E-state index >= 15 is 0 Å². The number of amides is 1. The van der Waals surface area contributed by atoms with E-state index in [1.165, 1.54) is 0 Å². The van der Waals surface area contributed by atoms with Gasteiger partial charge in [0.1, 0.15) is 5.56 Å². The Hall–Kier alpha value is -3.76. The molecule has 1 fully saturated rings. The van der Waals surface area contributed by atoms with Crippen LogP contribution in [0.3, 0.4) is 0 Å². The van der Waals surface area contributed by atoms with E-state index in [-0.39, 0.29) is 18.0 Å². The third-order valence-electron chi connectivity index (χ3n) is 5.69. The van der Waals surface area contributed by atoms with E-state index in [0.29, 0.717) is 49.7 Å². The molecular formula is C23H23F3N6O2. The largest absolute Gasteiger partial charge is 0.421 e. The van der Waals surface area contributed by atoms with Gasteiger partial charge < -0.3 is 9.80 Å². The third-order valence-corrected chi connectivity index (χ3v) is 5.69. The average Bonchev–Trinajstić information content (AvgIpc) is 2.83. The van der Waals surface area contributed by atoms with E-state index in [1.807, 2.05) is 16.9 Å². The van der Waals surface area contributed by atoms with Crippen LogP contribution < -0.4 is 10.5 Å². The molecule has 1 saturated heterocycles. The highest BCUT2D eigenvalue weighted by Crippen LogP contribution is 2.30. The Morgan fingerprint density at radius 2 is 1.76 bits per heavy atom. The fraction of sp³-hybridized carbons (Fsp3) is 0.348. The fourth-order valence-electron chi connectivity index (χ4n) is 3.85. The summed E-state index contributed by atoms with van der Waals surface area (Å²) in [5, 5.41) is 5.71. The molecule has 0 radical (unpaired) electrons. The van der Waals surface area contributed by atoms with Crippen molar-refractivity contribution in [2.24, 2.45) is 0 Å². The first-order chi connectivity index (χ1) is 16.2. The van der Waals surface area contributed by atoms with Gasteiger partial charge in [0, 0.05) is 50.6 Å². The molecule has 178 valence electrons. The van der Waals surface area contributed by atoms with Crippen LogP contribution >= 0.6 is 0 Å². The Balaban J connectivity index is 1.41. The molecule has 3 heterocycles. The second kappa shape index (κ2) is 9.62. The standard InChI is InChI=1S/C23H23F3N6O2/c1-15-13-27-22(28-14-15)32-10-8-31(9-11-32)20(33)7-6-16-4-2-3-5-17(16)19-12-18(23(24,25)26)21(34)30-29-19/h2-5,12-14H,6-11H2,1H3,(H,30,34). The molecule has 1 N–H and O–H groups in total. The maximum absolute atomic E-state index is 13.1. The van der Waals surface area contributed by atoms with Crippen LogP contribution in [-0.2, 0) is 17.4 Å². The van der Waals surface area contributed by atoms with Crippen molar-refractivity contribution >= 4 is 11.9 Å². The minimum Gasteiger partial charge on any atom is -0.339 e. The number of hydrogen-bond donors (Lipinski definition) is 1. The summed E-state index contributed by atoms with van der Waals surface area (Å²) >= 11 is 0. The number of alkyl halides is 3. The zero-order valence-corrected chi connectivity index (χ0v) is 18.5. The molecule has 0 spiro atoms. The van der Waals surface area contributed by atoms with Gasteiger partial charge in [0.05, 0.1) is 5.69 Å². The predicted octanol–water partition coefficient (Wildman–Crippen LogP) is 2.84. The van der Waals surface area contributed by atoms with E-state index in [4.69, 9.17) is 0 Å². The van der Waals surface area contributed by atoms with Gasteiger partial charge in [-0.05, 0) is 30.5 Å².